The Morgan fingerprint density at radius 3 is 2.93 bits per heavy atom. The van der Waals surface area contributed by atoms with Crippen molar-refractivity contribution < 1.29 is 4.79 Å². The zero-order chi connectivity index (χ0) is 11.3. The SMILES string of the molecule is CCSCC(=O)Nc1ccc(Cl)c(N)c1. The molecule has 1 amide bonds. The van der Waals surface area contributed by atoms with Gasteiger partial charge < -0.3 is 11.1 Å². The number of rotatable bonds is 4. The summed E-state index contributed by atoms with van der Waals surface area (Å²) in [5.41, 5.74) is 6.76. The zero-order valence-corrected chi connectivity index (χ0v) is 9.99. The summed E-state index contributed by atoms with van der Waals surface area (Å²) in [5.74, 6) is 1.36. The molecule has 0 bridgehead atoms. The number of anilines is 2. The number of nitrogens with one attached hydrogen (secondary N) is 1. The van der Waals surface area contributed by atoms with E-state index in [1.165, 1.54) is 0 Å². The van der Waals surface area contributed by atoms with E-state index in [-0.39, 0.29) is 5.91 Å². The number of nitrogens with two attached hydrogens (primary N) is 1. The monoisotopic (exact) mass is 244 g/mol. The van der Waals surface area contributed by atoms with Gasteiger partial charge in [0.25, 0.3) is 0 Å². The highest BCUT2D eigenvalue weighted by molar-refractivity contribution is 7.99. The van der Waals surface area contributed by atoms with Gasteiger partial charge in [0.05, 0.1) is 16.5 Å². The second kappa shape index (κ2) is 5.88. The maximum atomic E-state index is 11.4. The van der Waals surface area contributed by atoms with Crippen molar-refractivity contribution in [3.8, 4) is 0 Å². The minimum absolute atomic E-state index is 0.0245. The lowest BCUT2D eigenvalue weighted by Gasteiger charge is -2.06. The fourth-order valence-electron chi connectivity index (χ4n) is 1.01. The molecule has 0 fully saturated rings. The number of hydrogen-bond acceptors (Lipinski definition) is 3. The largest absolute Gasteiger partial charge is 0.397 e. The van der Waals surface area contributed by atoms with Gasteiger partial charge in [0, 0.05) is 5.69 Å². The number of amides is 1. The van der Waals surface area contributed by atoms with Gasteiger partial charge in [-0.1, -0.05) is 18.5 Å². The van der Waals surface area contributed by atoms with E-state index in [4.69, 9.17) is 17.3 Å². The van der Waals surface area contributed by atoms with Crippen LogP contribution < -0.4 is 11.1 Å². The van der Waals surface area contributed by atoms with Crippen LogP contribution in [0.25, 0.3) is 0 Å². The highest BCUT2D eigenvalue weighted by atomic mass is 35.5. The number of halogens is 1. The number of hydrogen-bond donors (Lipinski definition) is 2. The van der Waals surface area contributed by atoms with Crippen molar-refractivity contribution >= 4 is 40.6 Å². The Balaban J connectivity index is 2.57. The maximum Gasteiger partial charge on any atom is 0.234 e. The van der Waals surface area contributed by atoms with E-state index in [0.29, 0.717) is 22.2 Å². The molecule has 0 heterocycles. The molecule has 0 atom stereocenters. The van der Waals surface area contributed by atoms with Gasteiger partial charge in [-0.3, -0.25) is 4.79 Å². The summed E-state index contributed by atoms with van der Waals surface area (Å²) in [5, 5.41) is 3.24. The smallest absolute Gasteiger partial charge is 0.234 e. The molecule has 3 nitrogen and oxygen atoms in total. The van der Waals surface area contributed by atoms with Crippen LogP contribution in [0, 0.1) is 0 Å². The van der Waals surface area contributed by atoms with Gasteiger partial charge >= 0.3 is 0 Å². The molecule has 0 unspecified atom stereocenters. The van der Waals surface area contributed by atoms with Gasteiger partial charge in [-0.15, -0.1) is 0 Å². The molecule has 0 saturated heterocycles. The lowest BCUT2D eigenvalue weighted by Crippen LogP contribution is -2.14. The maximum absolute atomic E-state index is 11.4. The van der Waals surface area contributed by atoms with Crippen molar-refractivity contribution in [3.63, 3.8) is 0 Å². The van der Waals surface area contributed by atoms with Crippen LogP contribution in [0.15, 0.2) is 18.2 Å². The van der Waals surface area contributed by atoms with Crippen molar-refractivity contribution in [2.45, 2.75) is 6.92 Å². The average molecular weight is 245 g/mol. The molecule has 0 spiro atoms. The van der Waals surface area contributed by atoms with Gasteiger partial charge in [0.1, 0.15) is 0 Å². The van der Waals surface area contributed by atoms with Crippen molar-refractivity contribution in [3.05, 3.63) is 23.2 Å². The van der Waals surface area contributed by atoms with Gasteiger partial charge in [-0.2, -0.15) is 11.8 Å². The predicted molar refractivity (Wildman–Crippen MR) is 67.5 cm³/mol. The summed E-state index contributed by atoms with van der Waals surface area (Å²) in [6.07, 6.45) is 0. The van der Waals surface area contributed by atoms with Crippen LogP contribution in [0.2, 0.25) is 5.02 Å². The molecule has 15 heavy (non-hydrogen) atoms. The molecule has 0 aliphatic heterocycles. The molecular formula is C10H13ClN2OS. The molecule has 0 saturated carbocycles. The molecule has 0 aromatic heterocycles. The van der Waals surface area contributed by atoms with Crippen molar-refractivity contribution in [2.75, 3.05) is 22.6 Å². The Labute approximate surface area is 98.4 Å². The summed E-state index contributed by atoms with van der Waals surface area (Å²) >= 11 is 7.33. The van der Waals surface area contributed by atoms with E-state index in [0.717, 1.165) is 5.75 Å². The van der Waals surface area contributed by atoms with Crippen LogP contribution in [-0.2, 0) is 4.79 Å². The highest BCUT2D eigenvalue weighted by Gasteiger charge is 2.03. The van der Waals surface area contributed by atoms with E-state index in [9.17, 15) is 4.79 Å². The van der Waals surface area contributed by atoms with Gasteiger partial charge in [0.15, 0.2) is 0 Å². The zero-order valence-electron chi connectivity index (χ0n) is 8.42. The third-order valence-corrected chi connectivity index (χ3v) is 2.94. The second-order valence-electron chi connectivity index (χ2n) is 2.92. The summed E-state index contributed by atoms with van der Waals surface area (Å²) in [6.45, 7) is 2.01. The van der Waals surface area contributed by atoms with Crippen LogP contribution in [0.5, 0.6) is 0 Å². The molecule has 82 valence electrons. The topological polar surface area (TPSA) is 55.1 Å². The lowest BCUT2D eigenvalue weighted by atomic mass is 10.3. The first-order valence-corrected chi connectivity index (χ1v) is 6.09. The number of carbonyl (C=O) groups excluding carboxylic acids is 1. The van der Waals surface area contributed by atoms with E-state index in [1.807, 2.05) is 6.92 Å². The van der Waals surface area contributed by atoms with E-state index in [2.05, 4.69) is 5.32 Å². The quantitative estimate of drug-likeness (QED) is 0.801. The average Bonchev–Trinajstić information content (AvgIpc) is 2.20. The van der Waals surface area contributed by atoms with Gasteiger partial charge in [-0.05, 0) is 24.0 Å². The molecule has 1 rings (SSSR count). The molecule has 1 aromatic carbocycles. The standard InChI is InChI=1S/C10H13ClN2OS/c1-2-15-6-10(14)13-7-3-4-8(11)9(12)5-7/h3-5H,2,6,12H2,1H3,(H,13,14). The van der Waals surface area contributed by atoms with Crippen LogP contribution >= 0.6 is 23.4 Å². The summed E-state index contributed by atoms with van der Waals surface area (Å²) in [6, 6.07) is 5.05. The molecule has 0 aliphatic carbocycles. The van der Waals surface area contributed by atoms with Crippen LogP contribution in [0.3, 0.4) is 0 Å². The molecule has 0 aliphatic rings. The number of nitrogen functional groups attached to an aromatic ring is 1. The minimum Gasteiger partial charge on any atom is -0.397 e. The second-order valence-corrected chi connectivity index (χ2v) is 4.60. The first kappa shape index (κ1) is 12.2. The minimum atomic E-state index is -0.0245. The van der Waals surface area contributed by atoms with Crippen molar-refractivity contribution in [1.29, 1.82) is 0 Å². The summed E-state index contributed by atoms with van der Waals surface area (Å²) in [7, 11) is 0. The Morgan fingerprint density at radius 2 is 2.33 bits per heavy atom. The Bertz CT molecular complexity index is 357. The van der Waals surface area contributed by atoms with E-state index < -0.39 is 0 Å². The molecule has 0 radical (unpaired) electrons. The fraction of sp³-hybridized carbons (Fsp3) is 0.300. The lowest BCUT2D eigenvalue weighted by molar-refractivity contribution is -0.113. The number of carbonyl (C=O) groups is 1. The Kier molecular flexibility index (Phi) is 4.78. The van der Waals surface area contributed by atoms with Gasteiger partial charge in [-0.25, -0.2) is 0 Å². The highest BCUT2D eigenvalue weighted by Crippen LogP contribution is 2.22. The van der Waals surface area contributed by atoms with Crippen LogP contribution in [0.4, 0.5) is 11.4 Å². The molecule has 3 N–H and O–H groups in total. The van der Waals surface area contributed by atoms with Gasteiger partial charge in [0.2, 0.25) is 5.91 Å². The van der Waals surface area contributed by atoms with Crippen molar-refractivity contribution in [2.24, 2.45) is 0 Å². The number of thioether (sulfide) groups is 1. The van der Waals surface area contributed by atoms with E-state index >= 15 is 0 Å². The summed E-state index contributed by atoms with van der Waals surface area (Å²) < 4.78 is 0. The predicted octanol–water partition coefficient (Wildman–Crippen LogP) is 2.61. The Morgan fingerprint density at radius 1 is 1.60 bits per heavy atom. The first-order chi connectivity index (χ1) is 7.13. The normalized spacial score (nSPS) is 10.0. The first-order valence-electron chi connectivity index (χ1n) is 4.56. The number of benzene rings is 1. The third-order valence-electron chi connectivity index (χ3n) is 1.72. The Hall–Kier alpha value is -0.870. The summed E-state index contributed by atoms with van der Waals surface area (Å²) in [4.78, 5) is 11.4. The molecule has 5 heteroatoms. The van der Waals surface area contributed by atoms with E-state index in [1.54, 1.807) is 30.0 Å². The van der Waals surface area contributed by atoms with Crippen molar-refractivity contribution in [1.82, 2.24) is 0 Å². The molecule has 1 aromatic rings. The van der Waals surface area contributed by atoms with Crippen LogP contribution in [-0.4, -0.2) is 17.4 Å². The van der Waals surface area contributed by atoms with Crippen LogP contribution in [0.1, 0.15) is 6.92 Å². The molecular weight excluding hydrogens is 232 g/mol. The fourth-order valence-corrected chi connectivity index (χ4v) is 1.59. The third kappa shape index (κ3) is 4.01.